The van der Waals surface area contributed by atoms with Crippen molar-refractivity contribution in [1.29, 1.82) is 0 Å². The summed E-state index contributed by atoms with van der Waals surface area (Å²) in [5.74, 6) is -0.815. The number of hydroxylamine groups is 1. The van der Waals surface area contributed by atoms with Gasteiger partial charge in [0.25, 0.3) is 5.91 Å². The molecular weight excluding hydrogens is 259 g/mol. The van der Waals surface area contributed by atoms with Crippen LogP contribution in [0.4, 0.5) is 13.2 Å². The predicted molar refractivity (Wildman–Crippen MR) is 53.5 cm³/mol. The summed E-state index contributed by atoms with van der Waals surface area (Å²) in [5, 5.41) is 3.72. The molecule has 5 nitrogen and oxygen atoms in total. The summed E-state index contributed by atoms with van der Waals surface area (Å²) in [4.78, 5) is 15.6. The minimum Gasteiger partial charge on any atom is -0.266 e. The Balaban J connectivity index is 2.56. The lowest BCUT2D eigenvalue weighted by Gasteiger charge is -2.08. The lowest BCUT2D eigenvalue weighted by Crippen LogP contribution is -2.29. The Hall–Kier alpha value is -1.22. The molecule has 0 aliphatic carbocycles. The van der Waals surface area contributed by atoms with Crippen LogP contribution in [-0.4, -0.2) is 28.3 Å². The highest BCUT2D eigenvalue weighted by Crippen LogP contribution is 2.19. The zero-order valence-corrected chi connectivity index (χ0v) is 9.85. The fourth-order valence-corrected chi connectivity index (χ4v) is 1.67. The maximum Gasteiger partial charge on any atom is 0.414 e. The molecule has 1 aromatic rings. The first-order valence-electron chi connectivity index (χ1n) is 4.62. The summed E-state index contributed by atoms with van der Waals surface area (Å²) < 4.78 is 38.8. The van der Waals surface area contributed by atoms with E-state index in [0.717, 1.165) is 11.5 Å². The van der Waals surface area contributed by atoms with Gasteiger partial charge in [0.15, 0.2) is 6.61 Å². The van der Waals surface area contributed by atoms with Crippen LogP contribution in [-0.2, 0) is 4.84 Å². The van der Waals surface area contributed by atoms with Gasteiger partial charge in [0, 0.05) is 0 Å². The summed E-state index contributed by atoms with van der Waals surface area (Å²) in [7, 11) is 0. The van der Waals surface area contributed by atoms with Crippen molar-refractivity contribution in [1.82, 2.24) is 15.1 Å². The van der Waals surface area contributed by atoms with Crippen molar-refractivity contribution in [2.45, 2.75) is 25.9 Å². The van der Waals surface area contributed by atoms with Crippen LogP contribution < -0.4 is 5.48 Å². The molecule has 0 aliphatic heterocycles. The van der Waals surface area contributed by atoms with Crippen LogP contribution in [0.3, 0.4) is 0 Å². The van der Waals surface area contributed by atoms with E-state index in [1.807, 2.05) is 0 Å². The Morgan fingerprint density at radius 3 is 2.71 bits per heavy atom. The third-order valence-corrected chi connectivity index (χ3v) is 2.41. The third kappa shape index (κ3) is 4.27. The quantitative estimate of drug-likeness (QED) is 0.848. The van der Waals surface area contributed by atoms with Crippen molar-refractivity contribution in [2.75, 3.05) is 6.61 Å². The van der Waals surface area contributed by atoms with Gasteiger partial charge >= 0.3 is 6.18 Å². The molecular formula is C8H10F3N3O2S. The maximum atomic E-state index is 11.8. The first kappa shape index (κ1) is 13.8. The zero-order valence-electron chi connectivity index (χ0n) is 9.04. The van der Waals surface area contributed by atoms with E-state index >= 15 is 0 Å². The standard InChI is InChI=1S/C8H10F3N3O2S/c1-4(2)5-6(17-14-12-5)7(15)13-16-3-8(9,10)11/h4H,3H2,1-2H3,(H,13,15). The lowest BCUT2D eigenvalue weighted by molar-refractivity contribution is -0.184. The summed E-state index contributed by atoms with van der Waals surface area (Å²) in [5.41, 5.74) is 2.14. The third-order valence-electron chi connectivity index (χ3n) is 1.67. The van der Waals surface area contributed by atoms with Gasteiger partial charge in [0.1, 0.15) is 4.88 Å². The summed E-state index contributed by atoms with van der Waals surface area (Å²) in [6, 6.07) is 0. The highest BCUT2D eigenvalue weighted by atomic mass is 32.1. The van der Waals surface area contributed by atoms with Crippen molar-refractivity contribution in [3.05, 3.63) is 10.6 Å². The van der Waals surface area contributed by atoms with Crippen LogP contribution in [0.15, 0.2) is 0 Å². The molecule has 17 heavy (non-hydrogen) atoms. The Bertz CT molecular complexity index is 392. The second kappa shape index (κ2) is 5.41. The number of carbonyl (C=O) groups excluding carboxylic acids is 1. The molecule has 1 amide bonds. The number of nitrogens with one attached hydrogen (secondary N) is 1. The van der Waals surface area contributed by atoms with Crippen LogP contribution in [0.2, 0.25) is 0 Å². The number of alkyl halides is 3. The second-order valence-corrected chi connectivity index (χ2v) is 4.23. The lowest BCUT2D eigenvalue weighted by atomic mass is 10.1. The number of halogens is 3. The molecule has 0 aliphatic rings. The molecule has 0 fully saturated rings. The normalized spacial score (nSPS) is 11.9. The Morgan fingerprint density at radius 2 is 2.18 bits per heavy atom. The second-order valence-electron chi connectivity index (χ2n) is 3.48. The molecule has 1 rings (SSSR count). The number of hydrogen-bond acceptors (Lipinski definition) is 5. The molecule has 0 spiro atoms. The topological polar surface area (TPSA) is 64.1 Å². The Labute approximate surface area is 99.1 Å². The molecule has 1 heterocycles. The average molecular weight is 269 g/mol. The van der Waals surface area contributed by atoms with E-state index in [2.05, 4.69) is 14.4 Å². The average Bonchev–Trinajstić information content (AvgIpc) is 2.63. The largest absolute Gasteiger partial charge is 0.414 e. The van der Waals surface area contributed by atoms with Gasteiger partial charge in [-0.15, -0.1) is 5.10 Å². The summed E-state index contributed by atoms with van der Waals surface area (Å²) >= 11 is 0.810. The van der Waals surface area contributed by atoms with Crippen molar-refractivity contribution in [2.24, 2.45) is 0 Å². The number of hydrogen-bond donors (Lipinski definition) is 1. The molecule has 0 radical (unpaired) electrons. The number of amides is 1. The van der Waals surface area contributed by atoms with E-state index in [1.165, 1.54) is 0 Å². The molecule has 9 heteroatoms. The predicted octanol–water partition coefficient (Wildman–Crippen LogP) is 1.89. The van der Waals surface area contributed by atoms with Gasteiger partial charge in [-0.1, -0.05) is 18.3 Å². The summed E-state index contributed by atoms with van der Waals surface area (Å²) in [6.07, 6.45) is -4.49. The van der Waals surface area contributed by atoms with Gasteiger partial charge < -0.3 is 0 Å². The van der Waals surface area contributed by atoms with Crippen LogP contribution in [0.5, 0.6) is 0 Å². The van der Waals surface area contributed by atoms with Crippen LogP contribution in [0.25, 0.3) is 0 Å². The van der Waals surface area contributed by atoms with Gasteiger partial charge in [-0.2, -0.15) is 13.2 Å². The van der Waals surface area contributed by atoms with Crippen molar-refractivity contribution < 1.29 is 22.8 Å². The van der Waals surface area contributed by atoms with Crippen molar-refractivity contribution in [3.63, 3.8) is 0 Å². The number of carbonyl (C=O) groups is 1. The van der Waals surface area contributed by atoms with Crippen molar-refractivity contribution in [3.8, 4) is 0 Å². The van der Waals surface area contributed by atoms with Crippen molar-refractivity contribution >= 4 is 17.4 Å². The fraction of sp³-hybridized carbons (Fsp3) is 0.625. The Morgan fingerprint density at radius 1 is 1.53 bits per heavy atom. The Kier molecular flexibility index (Phi) is 4.40. The van der Waals surface area contributed by atoms with Crippen LogP contribution >= 0.6 is 11.5 Å². The van der Waals surface area contributed by atoms with Crippen LogP contribution in [0, 0.1) is 0 Å². The molecule has 0 bridgehead atoms. The van der Waals surface area contributed by atoms with Crippen LogP contribution in [0.1, 0.15) is 35.1 Å². The van der Waals surface area contributed by atoms with Gasteiger partial charge in [-0.25, -0.2) is 5.48 Å². The molecule has 96 valence electrons. The van der Waals surface area contributed by atoms with E-state index < -0.39 is 18.7 Å². The smallest absolute Gasteiger partial charge is 0.266 e. The van der Waals surface area contributed by atoms with Gasteiger partial charge in [0.05, 0.1) is 5.69 Å². The number of nitrogens with zero attached hydrogens (tertiary/aromatic N) is 2. The summed E-state index contributed by atoms with van der Waals surface area (Å²) in [6.45, 7) is 2.05. The SMILES string of the molecule is CC(C)c1nnsc1C(=O)NOCC(F)(F)F. The molecule has 0 saturated heterocycles. The molecule has 1 N–H and O–H groups in total. The molecule has 0 unspecified atom stereocenters. The molecule has 0 atom stereocenters. The monoisotopic (exact) mass is 269 g/mol. The molecule has 0 aromatic carbocycles. The van der Waals surface area contributed by atoms with E-state index in [9.17, 15) is 18.0 Å². The van der Waals surface area contributed by atoms with E-state index in [4.69, 9.17) is 0 Å². The molecule has 0 saturated carbocycles. The van der Waals surface area contributed by atoms with Gasteiger partial charge in [0.2, 0.25) is 0 Å². The first-order valence-corrected chi connectivity index (χ1v) is 5.39. The number of aromatic nitrogens is 2. The molecule has 1 aromatic heterocycles. The fourth-order valence-electron chi connectivity index (χ4n) is 0.963. The first-order chi connectivity index (χ1) is 7.81. The highest BCUT2D eigenvalue weighted by Gasteiger charge is 2.28. The minimum atomic E-state index is -4.49. The van der Waals surface area contributed by atoms with Gasteiger partial charge in [-0.05, 0) is 17.5 Å². The number of rotatable bonds is 4. The highest BCUT2D eigenvalue weighted by molar-refractivity contribution is 7.08. The van der Waals surface area contributed by atoms with E-state index in [0.29, 0.717) is 5.69 Å². The van der Waals surface area contributed by atoms with Gasteiger partial charge in [-0.3, -0.25) is 9.63 Å². The van der Waals surface area contributed by atoms with E-state index in [1.54, 1.807) is 19.3 Å². The zero-order chi connectivity index (χ0) is 13.1. The minimum absolute atomic E-state index is 0.0443. The maximum absolute atomic E-state index is 11.8. The van der Waals surface area contributed by atoms with E-state index in [-0.39, 0.29) is 10.8 Å².